The number of halogens is 3. The predicted molar refractivity (Wildman–Crippen MR) is 123 cm³/mol. The smallest absolute Gasteiger partial charge is 0.260 e. The van der Waals surface area contributed by atoms with Gasteiger partial charge in [0.15, 0.2) is 5.13 Å². The summed E-state index contributed by atoms with van der Waals surface area (Å²) in [7, 11) is 5.54. The molecule has 0 atom stereocenters. The molecule has 1 aromatic heterocycles. The third kappa shape index (κ3) is 4.96. The van der Waals surface area contributed by atoms with E-state index in [-0.39, 0.29) is 18.3 Å². The fraction of sp³-hybridized carbons (Fsp3) is 0.263. The number of thiazole rings is 1. The van der Waals surface area contributed by atoms with Gasteiger partial charge in [0.25, 0.3) is 5.91 Å². The molecule has 3 aromatic rings. The maximum atomic E-state index is 13.2. The average molecular weight is 505 g/mol. The lowest BCUT2D eigenvalue weighted by Crippen LogP contribution is -2.36. The zero-order valence-electron chi connectivity index (χ0n) is 15.6. The van der Waals surface area contributed by atoms with Gasteiger partial charge in [0, 0.05) is 23.1 Å². The summed E-state index contributed by atoms with van der Waals surface area (Å²) in [5, 5.41) is 1.19. The van der Waals surface area contributed by atoms with Crippen molar-refractivity contribution in [3.63, 3.8) is 0 Å². The lowest BCUT2D eigenvalue weighted by Gasteiger charge is -2.22. The van der Waals surface area contributed by atoms with Gasteiger partial charge in [0.1, 0.15) is 11.3 Å². The van der Waals surface area contributed by atoms with Crippen molar-refractivity contribution in [1.82, 2.24) is 9.88 Å². The number of amides is 1. The van der Waals surface area contributed by atoms with Crippen molar-refractivity contribution in [2.24, 2.45) is 0 Å². The second kappa shape index (κ2) is 9.89. The van der Waals surface area contributed by atoms with Crippen LogP contribution in [-0.2, 0) is 0 Å². The second-order valence-electron chi connectivity index (χ2n) is 6.19. The number of aromatic nitrogens is 1. The summed E-state index contributed by atoms with van der Waals surface area (Å²) in [5.74, 6) is 0.534. The molecule has 9 heteroatoms. The topological polar surface area (TPSA) is 45.7 Å². The second-order valence-corrected chi connectivity index (χ2v) is 8.49. The Hall–Kier alpha value is -1.38. The fourth-order valence-electron chi connectivity index (χ4n) is 2.58. The molecule has 5 nitrogen and oxygen atoms in total. The lowest BCUT2D eigenvalue weighted by atomic mass is 10.2. The summed E-state index contributed by atoms with van der Waals surface area (Å²) >= 11 is 11.2. The summed E-state index contributed by atoms with van der Waals surface area (Å²) in [4.78, 5) is 21.6. The molecule has 0 aliphatic heterocycles. The highest BCUT2D eigenvalue weighted by molar-refractivity contribution is 9.10. The van der Waals surface area contributed by atoms with E-state index in [1.54, 1.807) is 30.2 Å². The van der Waals surface area contributed by atoms with E-state index in [2.05, 4.69) is 20.9 Å². The molecule has 0 aliphatic carbocycles. The molecule has 3 rings (SSSR count). The van der Waals surface area contributed by atoms with Crippen molar-refractivity contribution in [3.8, 4) is 5.75 Å². The van der Waals surface area contributed by atoms with Crippen LogP contribution in [0.3, 0.4) is 0 Å². The van der Waals surface area contributed by atoms with Crippen LogP contribution in [0.5, 0.6) is 5.75 Å². The number of carbonyl (C=O) groups is 1. The van der Waals surface area contributed by atoms with E-state index in [4.69, 9.17) is 16.3 Å². The third-order valence-electron chi connectivity index (χ3n) is 3.99. The molecule has 28 heavy (non-hydrogen) atoms. The number of anilines is 1. The molecule has 2 aromatic carbocycles. The molecule has 0 saturated heterocycles. The Morgan fingerprint density at radius 2 is 2.00 bits per heavy atom. The largest absolute Gasteiger partial charge is 0.494 e. The summed E-state index contributed by atoms with van der Waals surface area (Å²) in [5.41, 5.74) is 1.27. The Kier molecular flexibility index (Phi) is 8.09. The van der Waals surface area contributed by atoms with E-state index in [1.165, 1.54) is 11.3 Å². The Morgan fingerprint density at radius 1 is 1.25 bits per heavy atom. The first-order valence-electron chi connectivity index (χ1n) is 8.26. The van der Waals surface area contributed by atoms with Gasteiger partial charge >= 0.3 is 0 Å². The van der Waals surface area contributed by atoms with Crippen molar-refractivity contribution < 1.29 is 9.53 Å². The number of fused-ring (bicyclic) bond motifs is 1. The first kappa shape index (κ1) is 22.9. The molecule has 1 heterocycles. The molecule has 150 valence electrons. The van der Waals surface area contributed by atoms with Crippen molar-refractivity contribution in [2.75, 3.05) is 39.2 Å². The van der Waals surface area contributed by atoms with Gasteiger partial charge in [0.2, 0.25) is 0 Å². The number of rotatable bonds is 6. The monoisotopic (exact) mass is 503 g/mol. The SMILES string of the molecule is COc1ccc(Cl)c2sc(N(CCN(C)C)C(=O)c3cccc(Br)c3)nc12.Cl. The van der Waals surface area contributed by atoms with Crippen molar-refractivity contribution in [3.05, 3.63) is 51.5 Å². The zero-order valence-corrected chi connectivity index (χ0v) is 19.6. The van der Waals surface area contributed by atoms with Crippen molar-refractivity contribution >= 4 is 72.5 Å². The normalized spacial score (nSPS) is 10.8. The number of carbonyl (C=O) groups excluding carboxylic acids is 1. The standard InChI is InChI=1S/C19H19BrClN3O2S.ClH/c1-23(2)9-10-24(18(25)12-5-4-6-13(20)11-12)19-22-16-15(26-3)8-7-14(21)17(16)27-19;/h4-8,11H,9-10H2,1-3H3;1H. The highest BCUT2D eigenvalue weighted by Crippen LogP contribution is 2.39. The first-order valence-corrected chi connectivity index (χ1v) is 10.2. The summed E-state index contributed by atoms with van der Waals surface area (Å²) in [6, 6.07) is 10.9. The van der Waals surface area contributed by atoms with Gasteiger partial charge < -0.3 is 9.64 Å². The van der Waals surface area contributed by atoms with E-state index in [0.29, 0.717) is 40.1 Å². The molecular weight excluding hydrogens is 485 g/mol. The van der Waals surface area contributed by atoms with Gasteiger partial charge in [0.05, 0.1) is 16.8 Å². The lowest BCUT2D eigenvalue weighted by molar-refractivity contribution is 0.0985. The highest BCUT2D eigenvalue weighted by Gasteiger charge is 2.23. The number of likely N-dealkylation sites (N-methyl/N-ethyl adjacent to an activating group) is 1. The molecule has 0 saturated carbocycles. The average Bonchev–Trinajstić information content (AvgIpc) is 3.08. The van der Waals surface area contributed by atoms with Crippen LogP contribution in [0.1, 0.15) is 10.4 Å². The molecule has 0 unspecified atom stereocenters. The predicted octanol–water partition coefficient (Wildman–Crippen LogP) is 5.35. The number of methoxy groups -OCH3 is 1. The van der Waals surface area contributed by atoms with Crippen molar-refractivity contribution in [1.29, 1.82) is 0 Å². The van der Waals surface area contributed by atoms with Crippen LogP contribution < -0.4 is 9.64 Å². The molecule has 0 bridgehead atoms. The minimum atomic E-state index is -0.104. The number of hydrogen-bond donors (Lipinski definition) is 0. The minimum Gasteiger partial charge on any atom is -0.494 e. The highest BCUT2D eigenvalue weighted by atomic mass is 79.9. The maximum Gasteiger partial charge on any atom is 0.260 e. The number of hydrogen-bond acceptors (Lipinski definition) is 5. The Balaban J connectivity index is 0.00000280. The van der Waals surface area contributed by atoms with E-state index >= 15 is 0 Å². The van der Waals surface area contributed by atoms with E-state index in [0.717, 1.165) is 9.17 Å². The van der Waals surface area contributed by atoms with Crippen molar-refractivity contribution in [2.45, 2.75) is 0 Å². The molecule has 0 aliphatic rings. The van der Waals surface area contributed by atoms with Crippen LogP contribution in [0.15, 0.2) is 40.9 Å². The number of ether oxygens (including phenoxy) is 1. The van der Waals surface area contributed by atoms with Gasteiger partial charge in [-0.25, -0.2) is 4.98 Å². The van der Waals surface area contributed by atoms with Crippen LogP contribution in [0.2, 0.25) is 5.02 Å². The molecule has 0 spiro atoms. The van der Waals surface area contributed by atoms with Gasteiger partial charge in [-0.15, -0.1) is 12.4 Å². The van der Waals surface area contributed by atoms with E-state index in [9.17, 15) is 4.79 Å². The van der Waals surface area contributed by atoms with Gasteiger partial charge in [-0.2, -0.15) is 0 Å². The van der Waals surface area contributed by atoms with Crippen LogP contribution >= 0.6 is 51.3 Å². The van der Waals surface area contributed by atoms with Crippen LogP contribution in [0, 0.1) is 0 Å². The Labute approximate surface area is 187 Å². The maximum absolute atomic E-state index is 13.2. The number of nitrogens with zero attached hydrogens (tertiary/aromatic N) is 3. The first-order chi connectivity index (χ1) is 12.9. The zero-order chi connectivity index (χ0) is 19.6. The fourth-order valence-corrected chi connectivity index (χ4v) is 4.26. The van der Waals surface area contributed by atoms with E-state index in [1.807, 2.05) is 37.2 Å². The molecular formula is C19H20BrCl2N3O2S. The molecule has 0 fully saturated rings. The Morgan fingerprint density at radius 3 is 2.64 bits per heavy atom. The van der Waals surface area contributed by atoms with Crippen LogP contribution in [-0.4, -0.2) is 50.1 Å². The third-order valence-corrected chi connectivity index (χ3v) is 6.02. The van der Waals surface area contributed by atoms with Crippen LogP contribution in [0.4, 0.5) is 5.13 Å². The van der Waals surface area contributed by atoms with E-state index < -0.39 is 0 Å². The number of benzene rings is 2. The summed E-state index contributed by atoms with van der Waals surface area (Å²) < 4.78 is 7.07. The summed E-state index contributed by atoms with van der Waals surface area (Å²) in [6.07, 6.45) is 0. The minimum absolute atomic E-state index is 0. The van der Waals surface area contributed by atoms with Crippen LogP contribution in [0.25, 0.3) is 10.2 Å². The van der Waals surface area contributed by atoms with Gasteiger partial charge in [-0.1, -0.05) is 44.9 Å². The summed E-state index contributed by atoms with van der Waals surface area (Å²) in [6.45, 7) is 1.22. The van der Waals surface area contributed by atoms with Gasteiger partial charge in [-0.3, -0.25) is 9.69 Å². The molecule has 0 N–H and O–H groups in total. The molecule has 0 radical (unpaired) electrons. The Bertz CT molecular complexity index is 981. The van der Waals surface area contributed by atoms with Gasteiger partial charge in [-0.05, 0) is 44.4 Å². The molecule has 1 amide bonds. The quantitative estimate of drug-likeness (QED) is 0.453.